The molecule has 0 saturated carbocycles. The average molecular weight is 847 g/mol. The lowest BCUT2D eigenvalue weighted by Gasteiger charge is -2.47. The number of aliphatic hydroxyl groups excluding tert-OH is 2. The highest BCUT2D eigenvalue weighted by Crippen LogP contribution is 2.60. The van der Waals surface area contributed by atoms with Gasteiger partial charge in [-0.1, -0.05) is 172 Å². The van der Waals surface area contributed by atoms with E-state index in [1.807, 2.05) is 60.7 Å². The highest BCUT2D eigenvalue weighted by molar-refractivity contribution is 8.01. The largest absolute Gasteiger partial charge is 0.508 e. The number of thioether (sulfide) groups is 1. The minimum absolute atomic E-state index is 0.0793. The minimum Gasteiger partial charge on any atom is -0.508 e. The van der Waals surface area contributed by atoms with Crippen molar-refractivity contribution in [2.24, 2.45) is 0 Å². The lowest BCUT2D eigenvalue weighted by atomic mass is 9.67. The molecule has 6 unspecified atom stereocenters. The standard InChI is InChI=1S/C52H62O8S/c1-3-5-31-49(57)33-29-45(43(19-13-35-53)47(49)37-21-25-41(55)26-22-37)51(59,39-15-9-7-10-16-39)61-52(60,40-17-11-8-12-18-40)46-30-34-50(58,32-6-4-2)48(44(46)20-14-36-54)38-23-27-42(56)28-24-38/h7-12,15-18,21-30,33-34,47-48,53-60H,3-6,13-14,19-20,31-32,35-36H2,1-2H3. The monoisotopic (exact) mass is 846 g/mol. The molecule has 6 rings (SSSR count). The summed E-state index contributed by atoms with van der Waals surface area (Å²) in [5.74, 6) is -1.19. The van der Waals surface area contributed by atoms with Crippen LogP contribution in [0.15, 0.2) is 156 Å². The molecule has 0 bridgehead atoms. The molecule has 4 aromatic rings. The molecule has 9 heteroatoms. The number of phenols is 2. The molecule has 0 aromatic heterocycles. The van der Waals surface area contributed by atoms with Crippen LogP contribution in [0.5, 0.6) is 11.5 Å². The third-order valence-corrected chi connectivity index (χ3v) is 13.8. The molecule has 6 atom stereocenters. The SMILES string of the molecule is CCCCC1(O)C=CC(C(O)(SC(O)(C2=C(CCCO)C(c3ccc(O)cc3)C(O)(CCCC)C=C2)c2ccccc2)c2ccccc2)=C(CCCO)C1c1ccc(O)cc1. The van der Waals surface area contributed by atoms with Crippen LogP contribution in [-0.2, 0) is 9.87 Å². The summed E-state index contributed by atoms with van der Waals surface area (Å²) in [6.07, 6.45) is 12.4. The molecular weight excluding hydrogens is 785 g/mol. The van der Waals surface area contributed by atoms with Crippen molar-refractivity contribution in [3.8, 4) is 11.5 Å². The fraction of sp³-hybridized carbons (Fsp3) is 0.385. The first kappa shape index (κ1) is 46.1. The molecule has 2 aliphatic rings. The van der Waals surface area contributed by atoms with Gasteiger partial charge in [0.25, 0.3) is 0 Å². The molecule has 0 fully saturated rings. The Bertz CT molecular complexity index is 2010. The zero-order valence-electron chi connectivity index (χ0n) is 35.3. The molecule has 324 valence electrons. The number of hydrogen-bond donors (Lipinski definition) is 8. The zero-order chi connectivity index (χ0) is 43.7. The van der Waals surface area contributed by atoms with E-state index in [1.54, 1.807) is 72.8 Å². The Morgan fingerprint density at radius 1 is 0.525 bits per heavy atom. The summed E-state index contributed by atoms with van der Waals surface area (Å²) in [5, 5.41) is 94.3. The van der Waals surface area contributed by atoms with Crippen LogP contribution in [0.2, 0.25) is 0 Å². The van der Waals surface area contributed by atoms with Gasteiger partial charge in [0.2, 0.25) is 0 Å². The Kier molecular flexibility index (Phi) is 15.2. The molecule has 0 saturated heterocycles. The van der Waals surface area contributed by atoms with Gasteiger partial charge in [-0.25, -0.2) is 0 Å². The van der Waals surface area contributed by atoms with Crippen LogP contribution >= 0.6 is 11.8 Å². The van der Waals surface area contributed by atoms with Gasteiger partial charge in [0.15, 0.2) is 9.87 Å². The molecule has 0 aliphatic heterocycles. The summed E-state index contributed by atoms with van der Waals surface area (Å²) in [6, 6.07) is 31.8. The number of unbranched alkanes of at least 4 members (excludes halogenated alkanes) is 2. The van der Waals surface area contributed by atoms with Gasteiger partial charge in [-0.05, 0) is 96.2 Å². The predicted molar refractivity (Wildman–Crippen MR) is 244 cm³/mol. The minimum atomic E-state index is -2.00. The first-order valence-corrected chi connectivity index (χ1v) is 22.5. The summed E-state index contributed by atoms with van der Waals surface area (Å²) in [4.78, 5) is -4.00. The Balaban J connectivity index is 1.67. The number of aliphatic hydroxyl groups is 6. The van der Waals surface area contributed by atoms with Crippen molar-refractivity contribution in [1.82, 2.24) is 0 Å². The molecule has 0 spiro atoms. The van der Waals surface area contributed by atoms with Gasteiger partial charge in [-0.3, -0.25) is 0 Å². The van der Waals surface area contributed by atoms with Crippen molar-refractivity contribution in [2.75, 3.05) is 13.2 Å². The van der Waals surface area contributed by atoms with Crippen LogP contribution in [0.3, 0.4) is 0 Å². The highest BCUT2D eigenvalue weighted by atomic mass is 32.2. The maximum absolute atomic E-state index is 13.9. The maximum Gasteiger partial charge on any atom is 0.165 e. The number of benzene rings is 4. The predicted octanol–water partition coefficient (Wildman–Crippen LogP) is 9.51. The van der Waals surface area contributed by atoms with Crippen molar-refractivity contribution in [2.45, 2.75) is 111 Å². The molecule has 61 heavy (non-hydrogen) atoms. The Hall–Kier alpha value is -4.45. The van der Waals surface area contributed by atoms with Crippen LogP contribution in [0, 0.1) is 0 Å². The smallest absolute Gasteiger partial charge is 0.165 e. The second-order valence-corrected chi connectivity index (χ2v) is 17.9. The fourth-order valence-electron chi connectivity index (χ4n) is 9.30. The maximum atomic E-state index is 13.9. The topological polar surface area (TPSA) is 162 Å². The van der Waals surface area contributed by atoms with E-state index in [2.05, 4.69) is 13.8 Å². The second kappa shape index (κ2) is 20.2. The number of phenolic OH excluding ortho intramolecular Hbond substituents is 2. The summed E-state index contributed by atoms with van der Waals surface area (Å²) in [7, 11) is 0. The van der Waals surface area contributed by atoms with Gasteiger partial charge < -0.3 is 40.9 Å². The van der Waals surface area contributed by atoms with E-state index in [-0.39, 0.29) is 24.7 Å². The first-order chi connectivity index (χ1) is 29.4. The van der Waals surface area contributed by atoms with Gasteiger partial charge in [-0.15, -0.1) is 0 Å². The second-order valence-electron chi connectivity index (χ2n) is 16.6. The molecule has 0 amide bonds. The third kappa shape index (κ3) is 9.79. The van der Waals surface area contributed by atoms with Crippen molar-refractivity contribution in [3.05, 3.63) is 178 Å². The summed E-state index contributed by atoms with van der Waals surface area (Å²) in [5.41, 5.74) is 1.98. The Morgan fingerprint density at radius 3 is 1.21 bits per heavy atom. The summed E-state index contributed by atoms with van der Waals surface area (Å²) >= 11 is 0.948. The lowest BCUT2D eigenvalue weighted by molar-refractivity contribution is 0.0542. The molecule has 0 heterocycles. The quantitative estimate of drug-likeness (QED) is 0.0405. The van der Waals surface area contributed by atoms with E-state index in [9.17, 15) is 40.9 Å². The van der Waals surface area contributed by atoms with Gasteiger partial charge in [0.1, 0.15) is 11.5 Å². The number of aromatic hydroxyl groups is 2. The third-order valence-electron chi connectivity index (χ3n) is 12.3. The lowest BCUT2D eigenvalue weighted by Crippen LogP contribution is -2.43. The van der Waals surface area contributed by atoms with Crippen molar-refractivity contribution < 1.29 is 40.9 Å². The van der Waals surface area contributed by atoms with Crippen LogP contribution in [0.1, 0.15) is 112 Å². The summed E-state index contributed by atoms with van der Waals surface area (Å²) in [6.45, 7) is 3.86. The Morgan fingerprint density at radius 2 is 0.885 bits per heavy atom. The Labute approximate surface area is 365 Å². The molecule has 0 radical (unpaired) electrons. The van der Waals surface area contributed by atoms with Crippen molar-refractivity contribution in [1.29, 1.82) is 0 Å². The van der Waals surface area contributed by atoms with Crippen LogP contribution in [-0.4, -0.2) is 65.3 Å². The number of rotatable bonds is 20. The van der Waals surface area contributed by atoms with Gasteiger partial charge in [-0.2, -0.15) is 0 Å². The van der Waals surface area contributed by atoms with Crippen molar-refractivity contribution >= 4 is 11.8 Å². The molecule has 8 N–H and O–H groups in total. The molecule has 4 aromatic carbocycles. The highest BCUT2D eigenvalue weighted by Gasteiger charge is 2.53. The fourth-order valence-corrected chi connectivity index (χ4v) is 10.9. The van der Waals surface area contributed by atoms with Crippen LogP contribution < -0.4 is 0 Å². The number of hydrogen-bond acceptors (Lipinski definition) is 9. The van der Waals surface area contributed by atoms with Gasteiger partial charge in [0, 0.05) is 25.0 Å². The molecule has 2 aliphatic carbocycles. The average Bonchev–Trinajstić information content (AvgIpc) is 3.27. The summed E-state index contributed by atoms with van der Waals surface area (Å²) < 4.78 is 0. The molecule has 8 nitrogen and oxygen atoms in total. The van der Waals surface area contributed by atoms with E-state index < -0.39 is 32.9 Å². The van der Waals surface area contributed by atoms with E-state index in [0.717, 1.165) is 48.6 Å². The van der Waals surface area contributed by atoms with E-state index in [1.165, 1.54) is 0 Å². The zero-order valence-corrected chi connectivity index (χ0v) is 36.1. The van der Waals surface area contributed by atoms with E-state index in [4.69, 9.17) is 0 Å². The normalized spacial score (nSPS) is 23.5. The van der Waals surface area contributed by atoms with E-state index >= 15 is 0 Å². The van der Waals surface area contributed by atoms with Crippen molar-refractivity contribution in [3.63, 3.8) is 0 Å². The first-order valence-electron chi connectivity index (χ1n) is 21.7. The van der Waals surface area contributed by atoms with Gasteiger partial charge in [0.05, 0.1) is 11.2 Å². The van der Waals surface area contributed by atoms with E-state index in [0.29, 0.717) is 71.9 Å². The van der Waals surface area contributed by atoms with Gasteiger partial charge >= 0.3 is 0 Å². The van der Waals surface area contributed by atoms with Crippen LogP contribution in [0.4, 0.5) is 0 Å². The van der Waals surface area contributed by atoms with Crippen LogP contribution in [0.25, 0.3) is 0 Å². The molecular formula is C52H62O8S.